The van der Waals surface area contributed by atoms with Crippen molar-refractivity contribution in [3.63, 3.8) is 0 Å². The van der Waals surface area contributed by atoms with Gasteiger partial charge in [0.25, 0.3) is 5.91 Å². The van der Waals surface area contributed by atoms with Crippen molar-refractivity contribution in [2.75, 3.05) is 17.2 Å². The molecule has 0 radical (unpaired) electrons. The molecular formula is C17H21ClN4O. The lowest BCUT2D eigenvalue weighted by Gasteiger charge is -2.10. The van der Waals surface area contributed by atoms with Crippen LogP contribution in [0.25, 0.3) is 0 Å². The van der Waals surface area contributed by atoms with Crippen molar-refractivity contribution in [1.29, 1.82) is 0 Å². The standard InChI is InChI=1S/C17H21ClN4O/c1-11(2)7-8-19-17-20-9-13(10-21-17)16(23)22-15-6-4-5-14(18)12(15)3/h4-6,9-11H,7-8H2,1-3H3,(H,22,23)(H,19,20,21). The molecule has 6 heteroatoms. The van der Waals surface area contributed by atoms with Gasteiger partial charge < -0.3 is 10.6 Å². The second kappa shape index (κ2) is 7.92. The third kappa shape index (κ3) is 4.93. The molecule has 1 amide bonds. The summed E-state index contributed by atoms with van der Waals surface area (Å²) in [6, 6.07) is 5.39. The highest BCUT2D eigenvalue weighted by Crippen LogP contribution is 2.23. The molecule has 0 unspecified atom stereocenters. The van der Waals surface area contributed by atoms with Crippen LogP contribution in [0.2, 0.25) is 5.02 Å². The maximum absolute atomic E-state index is 12.2. The molecule has 0 aliphatic heterocycles. The number of hydrogen-bond donors (Lipinski definition) is 2. The molecule has 0 spiro atoms. The highest BCUT2D eigenvalue weighted by Gasteiger charge is 2.10. The van der Waals surface area contributed by atoms with Crippen LogP contribution in [0, 0.1) is 12.8 Å². The maximum Gasteiger partial charge on any atom is 0.258 e. The second-order valence-corrected chi connectivity index (χ2v) is 6.18. The van der Waals surface area contributed by atoms with Gasteiger partial charge >= 0.3 is 0 Å². The molecule has 0 aliphatic rings. The normalized spacial score (nSPS) is 10.7. The summed E-state index contributed by atoms with van der Waals surface area (Å²) in [7, 11) is 0. The van der Waals surface area contributed by atoms with Gasteiger partial charge in [0.2, 0.25) is 5.95 Å². The molecule has 2 N–H and O–H groups in total. The van der Waals surface area contributed by atoms with Gasteiger partial charge in [0.05, 0.1) is 5.56 Å². The predicted octanol–water partition coefficient (Wildman–Crippen LogP) is 4.15. The van der Waals surface area contributed by atoms with Crippen LogP contribution >= 0.6 is 11.6 Å². The average molecular weight is 333 g/mol. The zero-order valence-corrected chi connectivity index (χ0v) is 14.3. The fourth-order valence-corrected chi connectivity index (χ4v) is 2.12. The van der Waals surface area contributed by atoms with E-state index in [0.717, 1.165) is 18.5 Å². The highest BCUT2D eigenvalue weighted by atomic mass is 35.5. The zero-order chi connectivity index (χ0) is 16.8. The molecule has 5 nitrogen and oxygen atoms in total. The van der Waals surface area contributed by atoms with Crippen LogP contribution in [0.5, 0.6) is 0 Å². The number of nitrogens with zero attached hydrogens (tertiary/aromatic N) is 2. The first-order valence-corrected chi connectivity index (χ1v) is 7.97. The van der Waals surface area contributed by atoms with E-state index in [9.17, 15) is 4.79 Å². The smallest absolute Gasteiger partial charge is 0.258 e. The van der Waals surface area contributed by atoms with Crippen LogP contribution in [0.15, 0.2) is 30.6 Å². The summed E-state index contributed by atoms with van der Waals surface area (Å²) >= 11 is 6.05. The van der Waals surface area contributed by atoms with Gasteiger partial charge in [-0.05, 0) is 37.0 Å². The average Bonchev–Trinajstić information content (AvgIpc) is 2.52. The predicted molar refractivity (Wildman–Crippen MR) is 94.1 cm³/mol. The van der Waals surface area contributed by atoms with Crippen molar-refractivity contribution in [3.8, 4) is 0 Å². The fourth-order valence-electron chi connectivity index (χ4n) is 1.95. The lowest BCUT2D eigenvalue weighted by molar-refractivity contribution is 0.102. The number of aromatic nitrogens is 2. The van der Waals surface area contributed by atoms with Gasteiger partial charge in [0, 0.05) is 29.6 Å². The van der Waals surface area contributed by atoms with Crippen molar-refractivity contribution in [1.82, 2.24) is 9.97 Å². The van der Waals surface area contributed by atoms with E-state index in [1.54, 1.807) is 12.1 Å². The number of carbonyl (C=O) groups is 1. The van der Waals surface area contributed by atoms with Crippen LogP contribution in [-0.4, -0.2) is 22.4 Å². The summed E-state index contributed by atoms with van der Waals surface area (Å²) in [6.07, 6.45) is 4.07. The maximum atomic E-state index is 12.2. The third-order valence-corrected chi connectivity index (χ3v) is 3.84. The molecule has 0 saturated heterocycles. The van der Waals surface area contributed by atoms with E-state index in [2.05, 4.69) is 34.4 Å². The molecule has 2 aromatic rings. The molecule has 0 bridgehead atoms. The molecule has 0 saturated carbocycles. The number of carbonyl (C=O) groups excluding carboxylic acids is 1. The summed E-state index contributed by atoms with van der Waals surface area (Å²) in [4.78, 5) is 20.6. The highest BCUT2D eigenvalue weighted by molar-refractivity contribution is 6.31. The van der Waals surface area contributed by atoms with E-state index >= 15 is 0 Å². The molecule has 2 rings (SSSR count). The van der Waals surface area contributed by atoms with Gasteiger partial charge in [-0.25, -0.2) is 9.97 Å². The first-order valence-electron chi connectivity index (χ1n) is 7.59. The van der Waals surface area contributed by atoms with Gasteiger partial charge in [-0.2, -0.15) is 0 Å². The molecule has 0 atom stereocenters. The minimum Gasteiger partial charge on any atom is -0.354 e. The quantitative estimate of drug-likeness (QED) is 0.834. The molecule has 23 heavy (non-hydrogen) atoms. The number of amides is 1. The van der Waals surface area contributed by atoms with Crippen molar-refractivity contribution in [2.45, 2.75) is 27.2 Å². The largest absolute Gasteiger partial charge is 0.354 e. The van der Waals surface area contributed by atoms with Crippen LogP contribution in [0.3, 0.4) is 0 Å². The minimum absolute atomic E-state index is 0.260. The van der Waals surface area contributed by atoms with Crippen LogP contribution in [0.4, 0.5) is 11.6 Å². The number of anilines is 2. The Kier molecular flexibility index (Phi) is 5.93. The Morgan fingerprint density at radius 2 is 1.96 bits per heavy atom. The molecule has 1 aromatic heterocycles. The number of rotatable bonds is 6. The SMILES string of the molecule is Cc1c(Cl)cccc1NC(=O)c1cnc(NCCC(C)C)nc1. The van der Waals surface area contributed by atoms with Crippen molar-refractivity contribution in [2.24, 2.45) is 5.92 Å². The molecule has 0 fully saturated rings. The summed E-state index contributed by atoms with van der Waals surface area (Å²) in [5.41, 5.74) is 1.91. The Bertz CT molecular complexity index is 671. The Morgan fingerprint density at radius 1 is 1.26 bits per heavy atom. The Morgan fingerprint density at radius 3 is 2.61 bits per heavy atom. The van der Waals surface area contributed by atoms with Crippen LogP contribution in [-0.2, 0) is 0 Å². The summed E-state index contributed by atoms with van der Waals surface area (Å²) < 4.78 is 0. The summed E-state index contributed by atoms with van der Waals surface area (Å²) in [5, 5.41) is 6.57. The number of benzene rings is 1. The van der Waals surface area contributed by atoms with Crippen LogP contribution in [0.1, 0.15) is 36.2 Å². The van der Waals surface area contributed by atoms with Crippen molar-refractivity contribution in [3.05, 3.63) is 46.7 Å². The molecule has 0 aliphatic carbocycles. The zero-order valence-electron chi connectivity index (χ0n) is 13.6. The Labute approximate surface area is 141 Å². The molecule has 1 heterocycles. The van der Waals surface area contributed by atoms with E-state index in [4.69, 9.17) is 11.6 Å². The molecule has 1 aromatic carbocycles. The molecular weight excluding hydrogens is 312 g/mol. The van der Waals surface area contributed by atoms with E-state index in [-0.39, 0.29) is 5.91 Å². The number of halogens is 1. The fraction of sp³-hybridized carbons (Fsp3) is 0.353. The van der Waals surface area contributed by atoms with E-state index in [0.29, 0.717) is 28.1 Å². The second-order valence-electron chi connectivity index (χ2n) is 5.77. The molecule has 122 valence electrons. The van der Waals surface area contributed by atoms with Gasteiger partial charge in [-0.3, -0.25) is 4.79 Å². The van der Waals surface area contributed by atoms with E-state index in [1.807, 2.05) is 13.0 Å². The number of nitrogens with one attached hydrogen (secondary N) is 2. The third-order valence-electron chi connectivity index (χ3n) is 3.43. The summed E-state index contributed by atoms with van der Waals surface area (Å²) in [5.74, 6) is 0.888. The summed E-state index contributed by atoms with van der Waals surface area (Å²) in [6.45, 7) is 6.99. The first-order chi connectivity index (χ1) is 11.0. The topological polar surface area (TPSA) is 66.9 Å². The van der Waals surface area contributed by atoms with Crippen molar-refractivity contribution < 1.29 is 4.79 Å². The van der Waals surface area contributed by atoms with Crippen molar-refractivity contribution >= 4 is 29.1 Å². The Hall–Kier alpha value is -2.14. The van der Waals surface area contributed by atoms with Gasteiger partial charge in [0.1, 0.15) is 0 Å². The minimum atomic E-state index is -0.260. The lowest BCUT2D eigenvalue weighted by atomic mass is 10.1. The van der Waals surface area contributed by atoms with Gasteiger partial charge in [-0.15, -0.1) is 0 Å². The van der Waals surface area contributed by atoms with Crippen LogP contribution < -0.4 is 10.6 Å². The van der Waals surface area contributed by atoms with E-state index < -0.39 is 0 Å². The lowest BCUT2D eigenvalue weighted by Crippen LogP contribution is -2.14. The van der Waals surface area contributed by atoms with Gasteiger partial charge in [-0.1, -0.05) is 31.5 Å². The Balaban J connectivity index is 1.98. The van der Waals surface area contributed by atoms with Gasteiger partial charge in [0.15, 0.2) is 0 Å². The number of hydrogen-bond acceptors (Lipinski definition) is 4. The monoisotopic (exact) mass is 332 g/mol. The first kappa shape index (κ1) is 17.2. The van der Waals surface area contributed by atoms with E-state index in [1.165, 1.54) is 12.4 Å².